The molecule has 1 heterocycles. The Morgan fingerprint density at radius 2 is 2.15 bits per heavy atom. The van der Waals surface area contributed by atoms with Gasteiger partial charge in [0.1, 0.15) is 11.5 Å². The summed E-state index contributed by atoms with van der Waals surface area (Å²) in [7, 11) is 0. The van der Waals surface area contributed by atoms with Gasteiger partial charge in [-0.3, -0.25) is 4.79 Å². The van der Waals surface area contributed by atoms with Crippen LogP contribution in [0.4, 0.5) is 10.1 Å². The Hall–Kier alpha value is -1.14. The van der Waals surface area contributed by atoms with Gasteiger partial charge < -0.3 is 9.88 Å². The van der Waals surface area contributed by atoms with Gasteiger partial charge in [-0.1, -0.05) is 13.0 Å². The third kappa shape index (κ3) is 3.30. The van der Waals surface area contributed by atoms with E-state index in [-0.39, 0.29) is 11.6 Å². The van der Waals surface area contributed by atoms with Gasteiger partial charge in [0.15, 0.2) is 0 Å². The highest BCUT2D eigenvalue weighted by atomic mass is 79.9. The number of aryl methyl sites for hydroxylation is 1. The molecule has 2 aromatic rings. The summed E-state index contributed by atoms with van der Waals surface area (Å²) in [6.45, 7) is 2.76. The molecule has 0 saturated heterocycles. The molecular formula is C14H13Br2FN2O. The van der Waals surface area contributed by atoms with Crippen LogP contribution < -0.4 is 5.32 Å². The van der Waals surface area contributed by atoms with Gasteiger partial charge >= 0.3 is 0 Å². The van der Waals surface area contributed by atoms with E-state index in [1.54, 1.807) is 18.2 Å². The molecule has 0 fully saturated rings. The number of carbonyl (C=O) groups is 1. The molecule has 106 valence electrons. The first-order valence-electron chi connectivity index (χ1n) is 6.14. The first-order valence-corrected chi connectivity index (χ1v) is 7.72. The SMILES string of the molecule is CCCn1cc(Br)cc1C(=O)Nc1c(F)cccc1Br. The van der Waals surface area contributed by atoms with Crippen LogP contribution in [0, 0.1) is 5.82 Å². The van der Waals surface area contributed by atoms with Crippen LogP contribution in [-0.4, -0.2) is 10.5 Å². The van der Waals surface area contributed by atoms with Crippen LogP contribution in [0.25, 0.3) is 0 Å². The van der Waals surface area contributed by atoms with E-state index in [2.05, 4.69) is 37.2 Å². The predicted molar refractivity (Wildman–Crippen MR) is 84.5 cm³/mol. The fourth-order valence-electron chi connectivity index (χ4n) is 1.89. The van der Waals surface area contributed by atoms with Gasteiger partial charge in [-0.15, -0.1) is 0 Å². The first-order chi connectivity index (χ1) is 9.52. The number of nitrogens with one attached hydrogen (secondary N) is 1. The molecule has 0 aliphatic carbocycles. The van der Waals surface area contributed by atoms with Crippen molar-refractivity contribution in [3.63, 3.8) is 0 Å². The Morgan fingerprint density at radius 1 is 1.40 bits per heavy atom. The molecule has 6 heteroatoms. The summed E-state index contributed by atoms with van der Waals surface area (Å²) in [6, 6.07) is 6.28. The van der Waals surface area contributed by atoms with Crippen molar-refractivity contribution in [3.8, 4) is 0 Å². The second-order valence-corrected chi connectivity index (χ2v) is 6.06. The summed E-state index contributed by atoms with van der Waals surface area (Å²) >= 11 is 6.58. The Balaban J connectivity index is 2.28. The molecule has 0 unspecified atom stereocenters. The molecule has 1 amide bonds. The molecule has 0 saturated carbocycles. The molecule has 1 aromatic carbocycles. The summed E-state index contributed by atoms with van der Waals surface area (Å²) in [5, 5.41) is 2.60. The molecule has 20 heavy (non-hydrogen) atoms. The van der Waals surface area contributed by atoms with E-state index in [1.807, 2.05) is 17.7 Å². The third-order valence-electron chi connectivity index (χ3n) is 2.76. The van der Waals surface area contributed by atoms with Gasteiger partial charge in [0, 0.05) is 21.7 Å². The molecule has 0 aliphatic heterocycles. The van der Waals surface area contributed by atoms with Gasteiger partial charge in [-0.05, 0) is 56.5 Å². The van der Waals surface area contributed by atoms with Crippen LogP contribution in [0.1, 0.15) is 23.8 Å². The van der Waals surface area contributed by atoms with E-state index in [0.717, 1.165) is 17.4 Å². The van der Waals surface area contributed by atoms with Gasteiger partial charge in [-0.2, -0.15) is 0 Å². The number of carbonyl (C=O) groups excluding carboxylic acids is 1. The van der Waals surface area contributed by atoms with E-state index in [4.69, 9.17) is 0 Å². The standard InChI is InChI=1S/C14H13Br2FN2O/c1-2-6-19-8-9(15)7-12(19)14(20)18-13-10(16)4-3-5-11(13)17/h3-5,7-8H,2,6H2,1H3,(H,18,20). The smallest absolute Gasteiger partial charge is 0.272 e. The van der Waals surface area contributed by atoms with Crippen molar-refractivity contribution >= 4 is 43.5 Å². The zero-order valence-corrected chi connectivity index (χ0v) is 14.0. The van der Waals surface area contributed by atoms with Crippen LogP contribution in [0.3, 0.4) is 0 Å². The maximum Gasteiger partial charge on any atom is 0.272 e. The Morgan fingerprint density at radius 3 is 2.80 bits per heavy atom. The normalized spacial score (nSPS) is 10.6. The van der Waals surface area contributed by atoms with E-state index in [1.165, 1.54) is 6.07 Å². The average Bonchev–Trinajstić information content (AvgIpc) is 2.75. The van der Waals surface area contributed by atoms with Crippen molar-refractivity contribution in [3.05, 3.63) is 50.9 Å². The van der Waals surface area contributed by atoms with Crippen LogP contribution in [0.5, 0.6) is 0 Å². The third-order valence-corrected chi connectivity index (χ3v) is 3.86. The van der Waals surface area contributed by atoms with Crippen molar-refractivity contribution in [2.75, 3.05) is 5.32 Å². The highest BCUT2D eigenvalue weighted by Crippen LogP contribution is 2.26. The number of benzene rings is 1. The lowest BCUT2D eigenvalue weighted by molar-refractivity contribution is 0.101. The van der Waals surface area contributed by atoms with Gasteiger partial charge in [0.2, 0.25) is 0 Å². The lowest BCUT2D eigenvalue weighted by Crippen LogP contribution is -2.17. The first kappa shape index (κ1) is 15.3. The molecular weight excluding hydrogens is 391 g/mol. The summed E-state index contributed by atoms with van der Waals surface area (Å²) in [5.41, 5.74) is 0.645. The van der Waals surface area contributed by atoms with E-state index in [9.17, 15) is 9.18 Å². The number of hydrogen-bond donors (Lipinski definition) is 1. The van der Waals surface area contributed by atoms with Gasteiger partial charge in [0.05, 0.1) is 5.69 Å². The number of anilines is 1. The lowest BCUT2D eigenvalue weighted by atomic mass is 10.3. The maximum atomic E-state index is 13.7. The highest BCUT2D eigenvalue weighted by molar-refractivity contribution is 9.10. The molecule has 0 radical (unpaired) electrons. The van der Waals surface area contributed by atoms with Gasteiger partial charge in [-0.25, -0.2) is 4.39 Å². The number of hydrogen-bond acceptors (Lipinski definition) is 1. The van der Waals surface area contributed by atoms with Crippen molar-refractivity contribution in [2.24, 2.45) is 0 Å². The fraction of sp³-hybridized carbons (Fsp3) is 0.214. The van der Waals surface area contributed by atoms with Crippen molar-refractivity contribution < 1.29 is 9.18 Å². The maximum absolute atomic E-state index is 13.7. The van der Waals surface area contributed by atoms with Crippen LogP contribution >= 0.6 is 31.9 Å². The number of aromatic nitrogens is 1. The average molecular weight is 404 g/mol. The summed E-state index contributed by atoms with van der Waals surface area (Å²) in [5.74, 6) is -0.810. The van der Waals surface area contributed by atoms with E-state index < -0.39 is 5.82 Å². The minimum Gasteiger partial charge on any atom is -0.342 e. The largest absolute Gasteiger partial charge is 0.342 e. The predicted octanol–water partition coefficient (Wildman–Crippen LogP) is 4.81. The number of halogens is 3. The zero-order valence-electron chi connectivity index (χ0n) is 10.8. The van der Waals surface area contributed by atoms with Crippen molar-refractivity contribution in [1.82, 2.24) is 4.57 Å². The Kier molecular flexibility index (Phi) is 4.99. The number of amides is 1. The van der Waals surface area contributed by atoms with E-state index >= 15 is 0 Å². The summed E-state index contributed by atoms with van der Waals surface area (Å²) < 4.78 is 16.9. The Bertz CT molecular complexity index is 620. The molecule has 3 nitrogen and oxygen atoms in total. The molecule has 1 aromatic heterocycles. The number of para-hydroxylation sites is 1. The molecule has 2 rings (SSSR count). The second kappa shape index (κ2) is 6.54. The van der Waals surface area contributed by atoms with Gasteiger partial charge in [0.25, 0.3) is 5.91 Å². The molecule has 0 atom stereocenters. The van der Waals surface area contributed by atoms with Crippen molar-refractivity contribution in [2.45, 2.75) is 19.9 Å². The number of rotatable bonds is 4. The monoisotopic (exact) mass is 402 g/mol. The Labute approximate surface area is 133 Å². The molecule has 0 spiro atoms. The fourth-order valence-corrected chi connectivity index (χ4v) is 2.79. The van der Waals surface area contributed by atoms with Crippen LogP contribution in [-0.2, 0) is 6.54 Å². The van der Waals surface area contributed by atoms with Crippen LogP contribution in [0.15, 0.2) is 39.4 Å². The molecule has 0 bridgehead atoms. The minimum atomic E-state index is -0.472. The second-order valence-electron chi connectivity index (χ2n) is 4.29. The highest BCUT2D eigenvalue weighted by Gasteiger charge is 2.16. The summed E-state index contributed by atoms with van der Waals surface area (Å²) in [4.78, 5) is 12.3. The minimum absolute atomic E-state index is 0.151. The van der Waals surface area contributed by atoms with Crippen LogP contribution in [0.2, 0.25) is 0 Å². The summed E-state index contributed by atoms with van der Waals surface area (Å²) in [6.07, 6.45) is 2.75. The lowest BCUT2D eigenvalue weighted by Gasteiger charge is -2.10. The topological polar surface area (TPSA) is 34.0 Å². The van der Waals surface area contributed by atoms with E-state index in [0.29, 0.717) is 10.2 Å². The zero-order chi connectivity index (χ0) is 14.7. The molecule has 0 aliphatic rings. The number of nitrogens with zero attached hydrogens (tertiary/aromatic N) is 1. The quantitative estimate of drug-likeness (QED) is 0.780. The van der Waals surface area contributed by atoms with Crippen molar-refractivity contribution in [1.29, 1.82) is 0 Å². The molecule has 1 N–H and O–H groups in total.